The Balaban J connectivity index is 0.00000289. The second-order valence-electron chi connectivity index (χ2n) is 7.09. The molecule has 0 aromatic carbocycles. The maximum Gasteiger partial charge on any atom is 0.226 e. The summed E-state index contributed by atoms with van der Waals surface area (Å²) in [5.74, 6) is 0.0146. The average molecular weight is 238 g/mol. The first kappa shape index (κ1) is 14.0. The zero-order valence-electron chi connectivity index (χ0n) is 11.7. The van der Waals surface area contributed by atoms with E-state index < -0.39 is 5.54 Å². The van der Waals surface area contributed by atoms with Crippen molar-refractivity contribution in [3.8, 4) is 6.07 Å². The molecule has 0 radical (unpaired) electrons. The molecule has 17 heavy (non-hydrogen) atoms. The maximum absolute atomic E-state index is 12.1. The molecule has 0 aromatic heterocycles. The lowest BCUT2D eigenvalue weighted by atomic mass is 9.79. The third kappa shape index (κ3) is 4.03. The van der Waals surface area contributed by atoms with Gasteiger partial charge in [0.15, 0.2) is 0 Å². The summed E-state index contributed by atoms with van der Waals surface area (Å²) in [6.45, 7) is 10.5. The molecule has 1 rings (SSSR count). The Labute approximate surface area is 106 Å². The van der Waals surface area contributed by atoms with Crippen molar-refractivity contribution in [2.45, 2.75) is 65.8 Å². The molecule has 98 valence electrons. The molecule has 0 unspecified atom stereocenters. The zero-order valence-corrected chi connectivity index (χ0v) is 11.7. The normalized spacial score (nSPS) is 18.4. The van der Waals surface area contributed by atoms with Gasteiger partial charge < -0.3 is 5.32 Å². The van der Waals surface area contributed by atoms with Crippen LogP contribution in [0.5, 0.6) is 0 Å². The summed E-state index contributed by atoms with van der Waals surface area (Å²) in [6.07, 6.45) is 3.45. The Kier molecular flexibility index (Phi) is 3.57. The maximum atomic E-state index is 12.1. The highest BCUT2D eigenvalue weighted by Gasteiger charge is 2.46. The molecule has 3 nitrogen and oxygen atoms in total. The quantitative estimate of drug-likeness (QED) is 0.817. The Bertz CT molecular complexity index is 346. The number of carbonyl (C=O) groups is 1. The zero-order chi connectivity index (χ0) is 13.3. The highest BCUT2D eigenvalue weighted by molar-refractivity contribution is 5.83. The first-order valence-electron chi connectivity index (χ1n) is 6.34. The van der Waals surface area contributed by atoms with Crippen LogP contribution in [0.1, 0.15) is 61.7 Å². The van der Waals surface area contributed by atoms with Gasteiger partial charge in [0.2, 0.25) is 5.91 Å². The number of hydrogen-bond acceptors (Lipinski definition) is 2. The number of hydrogen-bond donors (Lipinski definition) is 1. The highest BCUT2D eigenvalue weighted by Crippen LogP contribution is 2.37. The van der Waals surface area contributed by atoms with Crippen LogP contribution in [0.4, 0.5) is 0 Å². The van der Waals surface area contributed by atoms with Crippen LogP contribution in [-0.4, -0.2) is 11.4 Å². The minimum absolute atomic E-state index is 0. The summed E-state index contributed by atoms with van der Waals surface area (Å²) < 4.78 is 0. The minimum Gasteiger partial charge on any atom is -0.337 e. The number of nitrogens with zero attached hydrogens (tertiary/aromatic N) is 1. The lowest BCUT2D eigenvalue weighted by Crippen LogP contribution is -2.44. The fraction of sp³-hybridized carbons (Fsp3) is 0.857. The first-order chi connectivity index (χ1) is 7.60. The van der Waals surface area contributed by atoms with E-state index >= 15 is 0 Å². The minimum atomic E-state index is -0.546. The summed E-state index contributed by atoms with van der Waals surface area (Å²) in [5, 5.41) is 11.9. The molecule has 0 atom stereocenters. The van der Waals surface area contributed by atoms with Crippen molar-refractivity contribution in [2.24, 2.45) is 10.8 Å². The van der Waals surface area contributed by atoms with E-state index in [2.05, 4.69) is 32.2 Å². The second kappa shape index (κ2) is 4.33. The lowest BCUT2D eigenvalue weighted by molar-refractivity contribution is -0.130. The van der Waals surface area contributed by atoms with E-state index in [0.29, 0.717) is 0 Å². The predicted molar refractivity (Wildman–Crippen MR) is 70.3 cm³/mol. The van der Waals surface area contributed by atoms with E-state index in [9.17, 15) is 4.79 Å². The van der Waals surface area contributed by atoms with Gasteiger partial charge in [-0.05, 0) is 31.1 Å². The van der Waals surface area contributed by atoms with Crippen LogP contribution in [0.3, 0.4) is 0 Å². The molecule has 1 amide bonds. The predicted octanol–water partition coefficient (Wildman–Crippen LogP) is 3.26. The van der Waals surface area contributed by atoms with E-state index in [1.165, 1.54) is 0 Å². The monoisotopic (exact) mass is 238 g/mol. The van der Waals surface area contributed by atoms with Crippen molar-refractivity contribution < 1.29 is 6.22 Å². The molecule has 3 heteroatoms. The third-order valence-corrected chi connectivity index (χ3v) is 3.43. The molecule has 0 spiro atoms. The van der Waals surface area contributed by atoms with Crippen molar-refractivity contribution in [3.63, 3.8) is 0 Å². The van der Waals surface area contributed by atoms with Crippen LogP contribution in [0.2, 0.25) is 0 Å². The topological polar surface area (TPSA) is 52.9 Å². The molecular formula is C14H26N2O. The van der Waals surface area contributed by atoms with Crippen LogP contribution in [-0.2, 0) is 4.79 Å². The number of rotatable bonds is 4. The van der Waals surface area contributed by atoms with Gasteiger partial charge in [-0.3, -0.25) is 4.79 Å². The lowest BCUT2D eigenvalue weighted by Gasteiger charge is -2.28. The molecule has 0 saturated heterocycles. The molecule has 0 bridgehead atoms. The largest absolute Gasteiger partial charge is 0.337 e. The van der Waals surface area contributed by atoms with E-state index in [4.69, 9.17) is 5.26 Å². The van der Waals surface area contributed by atoms with Gasteiger partial charge in [-0.2, -0.15) is 5.26 Å². The number of nitriles is 1. The fourth-order valence-corrected chi connectivity index (χ4v) is 1.58. The van der Waals surface area contributed by atoms with Crippen LogP contribution in [0.15, 0.2) is 0 Å². The van der Waals surface area contributed by atoms with Gasteiger partial charge in [0.05, 0.1) is 6.07 Å². The molecular weight excluding hydrogens is 212 g/mol. The van der Waals surface area contributed by atoms with Crippen molar-refractivity contribution in [3.05, 3.63) is 0 Å². The standard InChI is InChI=1S/C14H24N2O.H2/c1-12(2,3)6-7-13(4,5)11(17)16-14(10-15)8-9-14;/h6-9H2,1-5H3,(H,16,17);1H. The highest BCUT2D eigenvalue weighted by atomic mass is 16.2. The third-order valence-electron chi connectivity index (χ3n) is 3.43. The van der Waals surface area contributed by atoms with Crippen LogP contribution >= 0.6 is 0 Å². The molecule has 0 aromatic rings. The Morgan fingerprint density at radius 3 is 2.18 bits per heavy atom. The van der Waals surface area contributed by atoms with Crippen LogP contribution < -0.4 is 5.32 Å². The molecule has 0 aliphatic heterocycles. The number of amides is 1. The summed E-state index contributed by atoms with van der Waals surface area (Å²) in [4.78, 5) is 12.1. The molecule has 1 aliphatic rings. The van der Waals surface area contributed by atoms with Gasteiger partial charge in [0, 0.05) is 6.84 Å². The molecule has 1 N–H and O–H groups in total. The van der Waals surface area contributed by atoms with E-state index in [0.717, 1.165) is 25.7 Å². The molecule has 0 heterocycles. The van der Waals surface area contributed by atoms with E-state index in [1.807, 2.05) is 13.8 Å². The Morgan fingerprint density at radius 1 is 1.29 bits per heavy atom. The average Bonchev–Trinajstić information content (AvgIpc) is 2.95. The van der Waals surface area contributed by atoms with Crippen LogP contribution in [0.25, 0.3) is 0 Å². The van der Waals surface area contributed by atoms with Gasteiger partial charge >= 0.3 is 0 Å². The van der Waals surface area contributed by atoms with Gasteiger partial charge in [0.25, 0.3) is 0 Å². The van der Waals surface area contributed by atoms with Crippen molar-refractivity contribution in [1.29, 1.82) is 5.26 Å². The summed E-state index contributed by atoms with van der Waals surface area (Å²) in [5.41, 5.74) is -0.695. The van der Waals surface area contributed by atoms with Crippen LogP contribution in [0, 0.1) is 22.2 Å². The molecule has 1 aliphatic carbocycles. The van der Waals surface area contributed by atoms with Crippen molar-refractivity contribution >= 4 is 5.91 Å². The summed E-state index contributed by atoms with van der Waals surface area (Å²) in [6, 6.07) is 2.20. The SMILES string of the molecule is CC(C)(C)CCC(C)(C)C(=O)NC1(C#N)CC1.[HH]. The Hall–Kier alpha value is -1.04. The van der Waals surface area contributed by atoms with E-state index in [-0.39, 0.29) is 18.2 Å². The van der Waals surface area contributed by atoms with Gasteiger partial charge in [-0.1, -0.05) is 34.6 Å². The molecule has 1 saturated carbocycles. The fourth-order valence-electron chi connectivity index (χ4n) is 1.58. The van der Waals surface area contributed by atoms with Gasteiger partial charge in [-0.15, -0.1) is 0 Å². The van der Waals surface area contributed by atoms with Crippen molar-refractivity contribution in [2.75, 3.05) is 0 Å². The first-order valence-corrected chi connectivity index (χ1v) is 6.34. The van der Waals surface area contributed by atoms with Gasteiger partial charge in [0.1, 0.15) is 5.54 Å². The molecule has 1 fully saturated rings. The Morgan fingerprint density at radius 2 is 1.82 bits per heavy atom. The second-order valence-corrected chi connectivity index (χ2v) is 7.09. The van der Waals surface area contributed by atoms with Crippen molar-refractivity contribution in [1.82, 2.24) is 5.32 Å². The van der Waals surface area contributed by atoms with Gasteiger partial charge in [-0.25, -0.2) is 0 Å². The van der Waals surface area contributed by atoms with E-state index in [1.54, 1.807) is 0 Å². The summed E-state index contributed by atoms with van der Waals surface area (Å²) >= 11 is 0. The number of carbonyl (C=O) groups excluding carboxylic acids is 1. The smallest absolute Gasteiger partial charge is 0.226 e. The number of nitrogens with one attached hydrogen (secondary N) is 1. The summed E-state index contributed by atoms with van der Waals surface area (Å²) in [7, 11) is 0.